The number of carbonyl (C=O) groups is 1. The molecule has 0 aliphatic heterocycles. The van der Waals surface area contributed by atoms with Crippen LogP contribution in [0.4, 0.5) is 0 Å². The van der Waals surface area contributed by atoms with Gasteiger partial charge in [-0.25, -0.2) is 0 Å². The molecule has 16 heavy (non-hydrogen) atoms. The summed E-state index contributed by atoms with van der Waals surface area (Å²) in [6, 6.07) is 5.87. The Kier molecular flexibility index (Phi) is 3.31. The topological polar surface area (TPSA) is 37.3 Å². The predicted octanol–water partition coefficient (Wildman–Crippen LogP) is 3.68. The SMILES string of the molecule is CSc1cccc(Br)c1C1(C(=O)O)CCC1. The van der Waals surface area contributed by atoms with Crippen molar-refractivity contribution in [3.05, 3.63) is 28.2 Å². The van der Waals surface area contributed by atoms with E-state index in [0.717, 1.165) is 34.2 Å². The van der Waals surface area contributed by atoms with E-state index in [1.54, 1.807) is 11.8 Å². The standard InChI is InChI=1S/C12H13BrO2S/c1-16-9-5-2-4-8(13)10(9)12(11(14)15)6-3-7-12/h2,4-5H,3,6-7H2,1H3,(H,14,15). The summed E-state index contributed by atoms with van der Waals surface area (Å²) in [6.07, 6.45) is 4.48. The molecule has 1 fully saturated rings. The first-order valence-electron chi connectivity index (χ1n) is 5.18. The average Bonchev–Trinajstić information content (AvgIpc) is 2.18. The first kappa shape index (κ1) is 12.0. The van der Waals surface area contributed by atoms with Gasteiger partial charge in [0.25, 0.3) is 0 Å². The second kappa shape index (κ2) is 4.41. The van der Waals surface area contributed by atoms with E-state index in [1.807, 2.05) is 24.5 Å². The van der Waals surface area contributed by atoms with E-state index in [0.29, 0.717) is 0 Å². The van der Waals surface area contributed by atoms with Gasteiger partial charge in [0, 0.05) is 9.37 Å². The van der Waals surface area contributed by atoms with Crippen LogP contribution in [0.2, 0.25) is 0 Å². The molecule has 1 N–H and O–H groups in total. The highest BCUT2D eigenvalue weighted by Crippen LogP contribution is 2.49. The van der Waals surface area contributed by atoms with Gasteiger partial charge in [-0.2, -0.15) is 0 Å². The van der Waals surface area contributed by atoms with Gasteiger partial charge in [-0.05, 0) is 36.8 Å². The van der Waals surface area contributed by atoms with Gasteiger partial charge < -0.3 is 5.11 Å². The number of carboxylic acid groups (broad SMARTS) is 1. The number of thioether (sulfide) groups is 1. The van der Waals surface area contributed by atoms with Crippen molar-refractivity contribution >= 4 is 33.7 Å². The monoisotopic (exact) mass is 300 g/mol. The fraction of sp³-hybridized carbons (Fsp3) is 0.417. The van der Waals surface area contributed by atoms with Crippen molar-refractivity contribution in [1.29, 1.82) is 0 Å². The molecule has 0 bridgehead atoms. The zero-order chi connectivity index (χ0) is 11.8. The second-order valence-electron chi connectivity index (χ2n) is 4.06. The predicted molar refractivity (Wildman–Crippen MR) is 69.1 cm³/mol. The lowest BCUT2D eigenvalue weighted by molar-refractivity contribution is -0.147. The van der Waals surface area contributed by atoms with Gasteiger partial charge in [0.15, 0.2) is 0 Å². The van der Waals surface area contributed by atoms with E-state index in [4.69, 9.17) is 0 Å². The Balaban J connectivity index is 2.57. The smallest absolute Gasteiger partial charge is 0.314 e. The van der Waals surface area contributed by atoms with Crippen LogP contribution < -0.4 is 0 Å². The fourth-order valence-corrected chi connectivity index (χ4v) is 3.84. The first-order chi connectivity index (χ1) is 7.62. The third kappa shape index (κ3) is 1.68. The lowest BCUT2D eigenvalue weighted by Crippen LogP contribution is -2.43. The van der Waals surface area contributed by atoms with Crippen LogP contribution in [0.3, 0.4) is 0 Å². The van der Waals surface area contributed by atoms with Crippen LogP contribution in [0, 0.1) is 0 Å². The molecule has 0 aromatic heterocycles. The lowest BCUT2D eigenvalue weighted by Gasteiger charge is -2.39. The molecule has 0 heterocycles. The summed E-state index contributed by atoms with van der Waals surface area (Å²) >= 11 is 5.10. The van der Waals surface area contributed by atoms with Crippen molar-refractivity contribution < 1.29 is 9.90 Å². The Labute approximate surface area is 108 Å². The maximum absolute atomic E-state index is 11.5. The molecule has 2 nitrogen and oxygen atoms in total. The third-order valence-corrected chi connectivity index (χ3v) is 4.73. The summed E-state index contributed by atoms with van der Waals surface area (Å²) in [5, 5.41) is 9.45. The first-order valence-corrected chi connectivity index (χ1v) is 7.20. The normalized spacial score (nSPS) is 17.9. The van der Waals surface area contributed by atoms with Crippen LogP contribution in [0.5, 0.6) is 0 Å². The van der Waals surface area contributed by atoms with E-state index in [2.05, 4.69) is 15.9 Å². The summed E-state index contributed by atoms with van der Waals surface area (Å²) < 4.78 is 0.918. The van der Waals surface area contributed by atoms with Crippen LogP contribution in [0.1, 0.15) is 24.8 Å². The van der Waals surface area contributed by atoms with Gasteiger partial charge in [-0.15, -0.1) is 11.8 Å². The summed E-state index contributed by atoms with van der Waals surface area (Å²) in [6.45, 7) is 0. The van der Waals surface area contributed by atoms with Crippen molar-refractivity contribution in [2.75, 3.05) is 6.26 Å². The molecule has 1 aromatic carbocycles. The van der Waals surface area contributed by atoms with Gasteiger partial charge in [0.1, 0.15) is 0 Å². The van der Waals surface area contributed by atoms with Crippen molar-refractivity contribution in [2.45, 2.75) is 29.6 Å². The Hall–Kier alpha value is -0.480. The van der Waals surface area contributed by atoms with E-state index in [-0.39, 0.29) is 0 Å². The molecule has 1 saturated carbocycles. The lowest BCUT2D eigenvalue weighted by atomic mass is 9.64. The van der Waals surface area contributed by atoms with Crippen LogP contribution in [0.15, 0.2) is 27.6 Å². The molecule has 1 aliphatic rings. The van der Waals surface area contributed by atoms with Crippen molar-refractivity contribution in [3.63, 3.8) is 0 Å². The molecule has 0 saturated heterocycles. The van der Waals surface area contributed by atoms with Crippen molar-refractivity contribution in [2.24, 2.45) is 0 Å². The van der Waals surface area contributed by atoms with Gasteiger partial charge in [-0.1, -0.05) is 28.4 Å². The summed E-state index contributed by atoms with van der Waals surface area (Å²) in [5.41, 5.74) is 0.305. The van der Waals surface area contributed by atoms with Gasteiger partial charge in [-0.3, -0.25) is 4.79 Å². The van der Waals surface area contributed by atoms with Crippen LogP contribution >= 0.6 is 27.7 Å². The summed E-state index contributed by atoms with van der Waals surface area (Å²) in [4.78, 5) is 12.6. The molecule has 4 heteroatoms. The van der Waals surface area contributed by atoms with E-state index >= 15 is 0 Å². The molecular weight excluding hydrogens is 288 g/mol. The molecule has 0 spiro atoms. The molecule has 0 unspecified atom stereocenters. The second-order valence-corrected chi connectivity index (χ2v) is 5.76. The maximum atomic E-state index is 11.5. The quantitative estimate of drug-likeness (QED) is 0.865. The zero-order valence-corrected chi connectivity index (χ0v) is 11.4. The Morgan fingerprint density at radius 2 is 2.19 bits per heavy atom. The van der Waals surface area contributed by atoms with Crippen LogP contribution in [-0.4, -0.2) is 17.3 Å². The Morgan fingerprint density at radius 1 is 1.50 bits per heavy atom. The van der Waals surface area contributed by atoms with E-state index < -0.39 is 11.4 Å². The third-order valence-electron chi connectivity index (χ3n) is 3.29. The van der Waals surface area contributed by atoms with Crippen LogP contribution in [-0.2, 0) is 10.2 Å². The molecule has 1 aliphatic carbocycles. The number of halogens is 1. The Morgan fingerprint density at radius 3 is 2.62 bits per heavy atom. The Bertz CT molecular complexity index is 427. The summed E-state index contributed by atoms with van der Waals surface area (Å²) in [7, 11) is 0. The molecule has 2 rings (SSSR count). The van der Waals surface area contributed by atoms with E-state index in [1.165, 1.54) is 0 Å². The van der Waals surface area contributed by atoms with Gasteiger partial charge in [0.05, 0.1) is 5.41 Å². The fourth-order valence-electron chi connectivity index (χ4n) is 2.24. The molecule has 0 radical (unpaired) electrons. The summed E-state index contributed by atoms with van der Waals surface area (Å²) in [5.74, 6) is -0.694. The van der Waals surface area contributed by atoms with Crippen molar-refractivity contribution in [1.82, 2.24) is 0 Å². The molecular formula is C12H13BrO2S. The number of aliphatic carboxylic acids is 1. The average molecular weight is 301 g/mol. The highest BCUT2D eigenvalue weighted by atomic mass is 79.9. The minimum atomic E-state index is -0.694. The molecule has 0 amide bonds. The number of rotatable bonds is 3. The minimum absolute atomic E-state index is 0.654. The number of hydrogen-bond donors (Lipinski definition) is 1. The minimum Gasteiger partial charge on any atom is -0.481 e. The van der Waals surface area contributed by atoms with Crippen molar-refractivity contribution in [3.8, 4) is 0 Å². The highest BCUT2D eigenvalue weighted by Gasteiger charge is 2.48. The van der Waals surface area contributed by atoms with Gasteiger partial charge in [0.2, 0.25) is 0 Å². The van der Waals surface area contributed by atoms with E-state index in [9.17, 15) is 9.90 Å². The maximum Gasteiger partial charge on any atom is 0.314 e. The molecule has 86 valence electrons. The molecule has 1 aromatic rings. The van der Waals surface area contributed by atoms with Gasteiger partial charge >= 0.3 is 5.97 Å². The highest BCUT2D eigenvalue weighted by molar-refractivity contribution is 9.10. The number of benzene rings is 1. The molecule has 0 atom stereocenters. The largest absolute Gasteiger partial charge is 0.481 e. The number of carboxylic acids is 1. The zero-order valence-electron chi connectivity index (χ0n) is 9.00. The number of hydrogen-bond acceptors (Lipinski definition) is 2. The van der Waals surface area contributed by atoms with Crippen LogP contribution in [0.25, 0.3) is 0 Å².